The molecule has 2 amide bonds. The van der Waals surface area contributed by atoms with Gasteiger partial charge in [0, 0.05) is 11.6 Å². The molecule has 7 heteroatoms. The van der Waals surface area contributed by atoms with Gasteiger partial charge in [0.25, 0.3) is 11.8 Å². The summed E-state index contributed by atoms with van der Waals surface area (Å²) in [5.74, 6) is -0.0803. The lowest BCUT2D eigenvalue weighted by Crippen LogP contribution is -2.33. The average molecular weight is 369 g/mol. The molecule has 0 atom stereocenters. The van der Waals surface area contributed by atoms with Crippen molar-refractivity contribution in [1.29, 1.82) is 0 Å². The van der Waals surface area contributed by atoms with E-state index in [2.05, 4.69) is 0 Å². The van der Waals surface area contributed by atoms with E-state index in [1.165, 1.54) is 7.11 Å². The Morgan fingerprint density at radius 1 is 0.963 bits per heavy atom. The largest absolute Gasteiger partial charge is 0.497 e. The van der Waals surface area contributed by atoms with E-state index < -0.39 is 5.97 Å². The van der Waals surface area contributed by atoms with Crippen LogP contribution in [0.15, 0.2) is 42.5 Å². The SMILES string of the molecule is COc1ccc(CC(=O)OCCN2C(=O)c3ccccc3C2=O)c(OC)c1. The number of rotatable bonds is 7. The zero-order chi connectivity index (χ0) is 19.4. The number of carbonyl (C=O) groups excluding carboxylic acids is 3. The van der Waals surface area contributed by atoms with Gasteiger partial charge in [-0.1, -0.05) is 18.2 Å². The van der Waals surface area contributed by atoms with Crippen LogP contribution >= 0.6 is 0 Å². The van der Waals surface area contributed by atoms with Gasteiger partial charge in [0.05, 0.1) is 38.3 Å². The first-order chi connectivity index (χ1) is 13.0. The molecule has 140 valence electrons. The highest BCUT2D eigenvalue weighted by molar-refractivity contribution is 6.21. The summed E-state index contributed by atoms with van der Waals surface area (Å²) in [5, 5.41) is 0. The quantitative estimate of drug-likeness (QED) is 0.549. The number of imide groups is 1. The number of esters is 1. The van der Waals surface area contributed by atoms with Crippen molar-refractivity contribution in [3.8, 4) is 11.5 Å². The second-order valence-corrected chi connectivity index (χ2v) is 5.88. The Balaban J connectivity index is 1.55. The summed E-state index contributed by atoms with van der Waals surface area (Å²) in [4.78, 5) is 37.7. The predicted molar refractivity (Wildman–Crippen MR) is 96.0 cm³/mol. The molecule has 2 aromatic carbocycles. The second-order valence-electron chi connectivity index (χ2n) is 5.88. The van der Waals surface area contributed by atoms with Crippen LogP contribution in [-0.2, 0) is 16.0 Å². The fourth-order valence-corrected chi connectivity index (χ4v) is 2.90. The van der Waals surface area contributed by atoms with Crippen LogP contribution in [0.5, 0.6) is 11.5 Å². The lowest BCUT2D eigenvalue weighted by atomic mass is 10.1. The lowest BCUT2D eigenvalue weighted by molar-refractivity contribution is -0.143. The van der Waals surface area contributed by atoms with Gasteiger partial charge in [-0.25, -0.2) is 0 Å². The second kappa shape index (κ2) is 7.90. The first-order valence-electron chi connectivity index (χ1n) is 8.37. The molecule has 0 saturated carbocycles. The van der Waals surface area contributed by atoms with E-state index in [9.17, 15) is 14.4 Å². The zero-order valence-electron chi connectivity index (χ0n) is 15.1. The minimum atomic E-state index is -0.477. The molecule has 1 heterocycles. The molecule has 0 aliphatic carbocycles. The molecular weight excluding hydrogens is 350 g/mol. The lowest BCUT2D eigenvalue weighted by Gasteiger charge is -2.14. The van der Waals surface area contributed by atoms with Crippen LogP contribution in [0.1, 0.15) is 26.3 Å². The summed E-state index contributed by atoms with van der Waals surface area (Å²) in [5.41, 5.74) is 1.40. The molecule has 0 saturated heterocycles. The van der Waals surface area contributed by atoms with Crippen LogP contribution in [0.4, 0.5) is 0 Å². The Morgan fingerprint density at radius 3 is 2.22 bits per heavy atom. The van der Waals surface area contributed by atoms with Crippen molar-refractivity contribution in [3.63, 3.8) is 0 Å². The summed E-state index contributed by atoms with van der Waals surface area (Å²) in [6.07, 6.45) is 0.00921. The first kappa shape index (κ1) is 18.4. The first-order valence-corrected chi connectivity index (χ1v) is 8.37. The Labute approximate surface area is 156 Å². The Kier molecular flexibility index (Phi) is 5.40. The van der Waals surface area contributed by atoms with Crippen molar-refractivity contribution >= 4 is 17.8 Å². The summed E-state index contributed by atoms with van der Waals surface area (Å²) >= 11 is 0. The van der Waals surface area contributed by atoms with E-state index in [1.807, 2.05) is 0 Å². The van der Waals surface area contributed by atoms with E-state index in [4.69, 9.17) is 14.2 Å². The van der Waals surface area contributed by atoms with E-state index in [0.29, 0.717) is 28.2 Å². The third-order valence-corrected chi connectivity index (χ3v) is 4.29. The van der Waals surface area contributed by atoms with Gasteiger partial charge in [0.2, 0.25) is 0 Å². The molecule has 3 rings (SSSR count). The molecule has 0 spiro atoms. The fourth-order valence-electron chi connectivity index (χ4n) is 2.90. The third-order valence-electron chi connectivity index (χ3n) is 4.29. The van der Waals surface area contributed by atoms with Crippen LogP contribution in [0.3, 0.4) is 0 Å². The standard InChI is InChI=1S/C20H19NO6/c1-25-14-8-7-13(17(12-14)26-2)11-18(22)27-10-9-21-19(23)15-5-3-4-6-16(15)20(21)24/h3-8,12H,9-11H2,1-2H3. The molecule has 2 aromatic rings. The van der Waals surface area contributed by atoms with Gasteiger partial charge >= 0.3 is 5.97 Å². The van der Waals surface area contributed by atoms with Gasteiger partial charge in [-0.2, -0.15) is 0 Å². The highest BCUT2D eigenvalue weighted by Gasteiger charge is 2.34. The van der Waals surface area contributed by atoms with Crippen LogP contribution in [-0.4, -0.2) is 50.1 Å². The van der Waals surface area contributed by atoms with Gasteiger partial charge < -0.3 is 14.2 Å². The van der Waals surface area contributed by atoms with Crippen LogP contribution < -0.4 is 9.47 Å². The molecule has 0 fully saturated rings. The van der Waals surface area contributed by atoms with Crippen molar-refractivity contribution in [2.24, 2.45) is 0 Å². The van der Waals surface area contributed by atoms with Gasteiger partial charge in [-0.15, -0.1) is 0 Å². The molecule has 0 radical (unpaired) electrons. The van der Waals surface area contributed by atoms with E-state index in [1.54, 1.807) is 49.6 Å². The Hall–Kier alpha value is -3.35. The Morgan fingerprint density at radius 2 is 1.63 bits per heavy atom. The van der Waals surface area contributed by atoms with Crippen molar-refractivity contribution < 1.29 is 28.6 Å². The number of amides is 2. The minimum Gasteiger partial charge on any atom is -0.497 e. The van der Waals surface area contributed by atoms with Gasteiger partial charge in [-0.05, 0) is 18.2 Å². The van der Waals surface area contributed by atoms with Crippen molar-refractivity contribution in [2.75, 3.05) is 27.4 Å². The molecule has 0 bridgehead atoms. The molecular formula is C20H19NO6. The summed E-state index contributed by atoms with van der Waals surface area (Å²) < 4.78 is 15.6. The predicted octanol–water partition coefficient (Wildman–Crippen LogP) is 2.09. The van der Waals surface area contributed by atoms with Crippen LogP contribution in [0.2, 0.25) is 0 Å². The summed E-state index contributed by atoms with van der Waals surface area (Å²) in [6.45, 7) is -0.0550. The maximum Gasteiger partial charge on any atom is 0.310 e. The van der Waals surface area contributed by atoms with Gasteiger partial charge in [-0.3, -0.25) is 19.3 Å². The normalized spacial score (nSPS) is 12.7. The van der Waals surface area contributed by atoms with Crippen LogP contribution in [0, 0.1) is 0 Å². The molecule has 7 nitrogen and oxygen atoms in total. The third kappa shape index (κ3) is 3.76. The highest BCUT2D eigenvalue weighted by Crippen LogP contribution is 2.25. The van der Waals surface area contributed by atoms with Crippen LogP contribution in [0.25, 0.3) is 0 Å². The number of nitrogens with zero attached hydrogens (tertiary/aromatic N) is 1. The van der Waals surface area contributed by atoms with E-state index in [0.717, 1.165) is 4.90 Å². The Bertz CT molecular complexity index is 857. The van der Waals surface area contributed by atoms with Gasteiger partial charge in [0.15, 0.2) is 0 Å². The van der Waals surface area contributed by atoms with Crippen molar-refractivity contribution in [2.45, 2.75) is 6.42 Å². The van der Waals surface area contributed by atoms with Gasteiger partial charge in [0.1, 0.15) is 18.1 Å². The average Bonchev–Trinajstić information content (AvgIpc) is 2.93. The van der Waals surface area contributed by atoms with Crippen molar-refractivity contribution in [3.05, 3.63) is 59.2 Å². The number of methoxy groups -OCH3 is 2. The maximum absolute atomic E-state index is 12.3. The summed E-state index contributed by atoms with van der Waals surface area (Å²) in [7, 11) is 3.05. The number of fused-ring (bicyclic) bond motifs is 1. The monoisotopic (exact) mass is 369 g/mol. The number of hydrogen-bond donors (Lipinski definition) is 0. The summed E-state index contributed by atoms with van der Waals surface area (Å²) in [6, 6.07) is 11.8. The molecule has 0 aromatic heterocycles. The smallest absolute Gasteiger partial charge is 0.310 e. The topological polar surface area (TPSA) is 82.1 Å². The number of carbonyl (C=O) groups is 3. The van der Waals surface area contributed by atoms with Crippen molar-refractivity contribution in [1.82, 2.24) is 4.90 Å². The number of ether oxygens (including phenoxy) is 3. The molecule has 1 aliphatic heterocycles. The molecule has 27 heavy (non-hydrogen) atoms. The maximum atomic E-state index is 12.3. The fraction of sp³-hybridized carbons (Fsp3) is 0.250. The zero-order valence-corrected chi connectivity index (χ0v) is 15.1. The molecule has 0 N–H and O–H groups in total. The minimum absolute atomic E-state index is 0.00921. The highest BCUT2D eigenvalue weighted by atomic mass is 16.5. The number of benzene rings is 2. The van der Waals surface area contributed by atoms with E-state index in [-0.39, 0.29) is 31.4 Å². The number of hydrogen-bond acceptors (Lipinski definition) is 6. The molecule has 1 aliphatic rings. The molecule has 0 unspecified atom stereocenters. The van der Waals surface area contributed by atoms with E-state index >= 15 is 0 Å².